The Bertz CT molecular complexity index is 941. The van der Waals surface area contributed by atoms with Crippen molar-refractivity contribution >= 4 is 19.1 Å². The molecule has 0 radical (unpaired) electrons. The second-order valence-electron chi connectivity index (χ2n) is 9.23. The van der Waals surface area contributed by atoms with Gasteiger partial charge in [-0.25, -0.2) is 0 Å². The summed E-state index contributed by atoms with van der Waals surface area (Å²) in [7, 11) is 0. The molecular weight excluding hydrogens is 519 g/mol. The van der Waals surface area contributed by atoms with Gasteiger partial charge in [-0.2, -0.15) is 0 Å². The second kappa shape index (κ2) is 7.68. The van der Waals surface area contributed by atoms with Crippen molar-refractivity contribution in [2.45, 2.75) is 60.7 Å². The van der Waals surface area contributed by atoms with E-state index in [1.165, 1.54) is 11.1 Å². The van der Waals surface area contributed by atoms with E-state index in [9.17, 15) is 0 Å². The van der Waals surface area contributed by atoms with Crippen molar-refractivity contribution in [2.24, 2.45) is 0 Å². The normalized spacial score (nSPS) is 20.3. The van der Waals surface area contributed by atoms with Crippen molar-refractivity contribution in [3.8, 4) is 0 Å². The van der Waals surface area contributed by atoms with Crippen molar-refractivity contribution < 1.29 is 20.1 Å². The van der Waals surface area contributed by atoms with E-state index in [1.54, 1.807) is 33.4 Å². The van der Waals surface area contributed by atoms with Gasteiger partial charge >= 0.3 is 181 Å². The van der Waals surface area contributed by atoms with E-state index in [0.29, 0.717) is 11.8 Å². The molecule has 2 unspecified atom stereocenters. The fourth-order valence-electron chi connectivity index (χ4n) is 5.31. The van der Waals surface area contributed by atoms with Gasteiger partial charge in [0.2, 0.25) is 0 Å². The van der Waals surface area contributed by atoms with Crippen LogP contribution in [0.4, 0.5) is 0 Å². The topological polar surface area (TPSA) is 0 Å². The van der Waals surface area contributed by atoms with E-state index in [-0.39, 0.29) is 0 Å². The SMILES string of the molecule is CC1=Cc2c(C(C)C)cccc2[CH]1[Hf](=[SiH2])[CH]1C(C)=Cc2c(C(C)C)cccc21. The van der Waals surface area contributed by atoms with E-state index >= 15 is 0 Å². The summed E-state index contributed by atoms with van der Waals surface area (Å²) in [5.41, 5.74) is 12.7. The van der Waals surface area contributed by atoms with Gasteiger partial charge in [0.15, 0.2) is 0 Å². The molecule has 144 valence electrons. The molecule has 0 spiro atoms. The molecule has 0 saturated carbocycles. The van der Waals surface area contributed by atoms with Gasteiger partial charge in [-0.3, -0.25) is 0 Å². The summed E-state index contributed by atoms with van der Waals surface area (Å²) in [5.74, 6) is 1.18. The molecule has 2 atom stereocenters. The van der Waals surface area contributed by atoms with Crippen LogP contribution in [0.5, 0.6) is 0 Å². The van der Waals surface area contributed by atoms with Gasteiger partial charge in [0, 0.05) is 0 Å². The van der Waals surface area contributed by atoms with Crippen molar-refractivity contribution in [3.63, 3.8) is 0 Å². The van der Waals surface area contributed by atoms with E-state index in [4.69, 9.17) is 0 Å². The first-order valence-electron chi connectivity index (χ1n) is 10.6. The van der Waals surface area contributed by atoms with E-state index < -0.39 is 20.1 Å². The first-order valence-corrected chi connectivity index (χ1v) is 23.1. The molecule has 0 fully saturated rings. The average molecular weight is 551 g/mol. The zero-order valence-electron chi connectivity index (χ0n) is 18.1. The summed E-state index contributed by atoms with van der Waals surface area (Å²) in [6.45, 7) is 16.5. The molecule has 0 aliphatic heterocycles. The summed E-state index contributed by atoms with van der Waals surface area (Å²) < 4.78 is 1.47. The van der Waals surface area contributed by atoms with Crippen molar-refractivity contribution in [3.05, 3.63) is 80.9 Å². The third kappa shape index (κ3) is 3.21. The Hall–Kier alpha value is -0.993. The van der Waals surface area contributed by atoms with Crippen LogP contribution in [-0.2, 0) is 20.1 Å². The van der Waals surface area contributed by atoms with Crippen LogP contribution >= 0.6 is 0 Å². The van der Waals surface area contributed by atoms with E-state index in [2.05, 4.69) is 97.0 Å². The number of fused-ring (bicyclic) bond motifs is 2. The van der Waals surface area contributed by atoms with Gasteiger partial charge in [0.1, 0.15) is 0 Å². The molecule has 2 aromatic rings. The monoisotopic (exact) mass is 552 g/mol. The van der Waals surface area contributed by atoms with Crippen LogP contribution in [0, 0.1) is 0 Å². The fourth-order valence-corrected chi connectivity index (χ4v) is 24.9. The zero-order valence-corrected chi connectivity index (χ0v) is 23.1. The Labute approximate surface area is 180 Å². The molecule has 0 aromatic heterocycles. The quantitative estimate of drug-likeness (QED) is 0.371. The average Bonchev–Trinajstić information content (AvgIpc) is 3.15. The Balaban J connectivity index is 1.78. The first kappa shape index (κ1) is 20.3. The minimum absolute atomic E-state index is 0.591. The Morgan fingerprint density at radius 3 is 1.46 bits per heavy atom. The summed E-state index contributed by atoms with van der Waals surface area (Å²) >= 11 is -2.01. The van der Waals surface area contributed by atoms with Gasteiger partial charge in [0.25, 0.3) is 0 Å². The molecule has 0 bridgehead atoms. The molecule has 0 nitrogen and oxygen atoms in total. The molecular formula is C26H32HfSi. The summed E-state index contributed by atoms with van der Waals surface area (Å²) in [6, 6.07) is 14.1. The number of rotatable bonds is 4. The van der Waals surface area contributed by atoms with Gasteiger partial charge in [0.05, 0.1) is 0 Å². The van der Waals surface area contributed by atoms with Crippen molar-refractivity contribution in [1.29, 1.82) is 0 Å². The van der Waals surface area contributed by atoms with Crippen LogP contribution in [0.25, 0.3) is 12.2 Å². The maximum absolute atomic E-state index is 2.52. The number of benzene rings is 2. The second-order valence-corrected chi connectivity index (χ2v) is 24.2. The summed E-state index contributed by atoms with van der Waals surface area (Å²) in [5, 5.41) is 0. The standard InChI is InChI=1S/2C13H15.Hf.H2Si/c2*1-9(2)12-6-4-5-11-7-10(3)8-13(11)12;;/h2*4-9H,1-3H3;;1H2. The Kier molecular flexibility index (Phi) is 5.57. The van der Waals surface area contributed by atoms with Crippen LogP contribution in [-0.4, -0.2) is 6.94 Å². The first-order chi connectivity index (χ1) is 13.3. The van der Waals surface area contributed by atoms with Crippen LogP contribution < -0.4 is 0 Å². The van der Waals surface area contributed by atoms with Gasteiger partial charge < -0.3 is 0 Å². The van der Waals surface area contributed by atoms with Crippen LogP contribution in [0.3, 0.4) is 0 Å². The van der Waals surface area contributed by atoms with Gasteiger partial charge in [-0.1, -0.05) is 0 Å². The van der Waals surface area contributed by atoms with Crippen LogP contribution in [0.1, 0.15) is 94.1 Å². The van der Waals surface area contributed by atoms with E-state index in [1.807, 2.05) is 0 Å². The summed E-state index contributed by atoms with van der Waals surface area (Å²) in [6.07, 6.45) is 5.04. The van der Waals surface area contributed by atoms with Gasteiger partial charge in [-0.05, 0) is 0 Å². The predicted octanol–water partition coefficient (Wildman–Crippen LogP) is 6.72. The van der Waals surface area contributed by atoms with E-state index in [0.717, 1.165) is 7.35 Å². The molecule has 4 rings (SSSR count). The molecule has 0 saturated heterocycles. The Morgan fingerprint density at radius 2 is 1.11 bits per heavy atom. The molecule has 0 N–H and O–H groups in total. The fraction of sp³-hybridized carbons (Fsp3) is 0.385. The van der Waals surface area contributed by atoms with Crippen LogP contribution in [0.2, 0.25) is 0 Å². The summed E-state index contributed by atoms with van der Waals surface area (Å²) in [4.78, 5) is 0. The molecule has 0 amide bonds. The molecule has 2 aliphatic rings. The molecule has 28 heavy (non-hydrogen) atoms. The zero-order chi connectivity index (χ0) is 20.2. The molecule has 0 heterocycles. The minimum atomic E-state index is -2.01. The van der Waals surface area contributed by atoms with Crippen molar-refractivity contribution in [2.75, 3.05) is 0 Å². The molecule has 2 aromatic carbocycles. The number of hydrogen-bond acceptors (Lipinski definition) is 0. The molecule has 2 aliphatic carbocycles. The third-order valence-electron chi connectivity index (χ3n) is 6.61. The maximum atomic E-state index is 2.52. The number of allylic oxidation sites excluding steroid dienone is 2. The van der Waals surface area contributed by atoms with Gasteiger partial charge in [-0.15, -0.1) is 0 Å². The number of hydrogen-bond donors (Lipinski definition) is 0. The Morgan fingerprint density at radius 1 is 0.714 bits per heavy atom. The van der Waals surface area contributed by atoms with Crippen LogP contribution in [0.15, 0.2) is 47.5 Å². The third-order valence-corrected chi connectivity index (χ3v) is 24.1. The predicted molar refractivity (Wildman–Crippen MR) is 122 cm³/mol. The van der Waals surface area contributed by atoms with Crippen molar-refractivity contribution in [1.82, 2.24) is 0 Å². The molecule has 2 heteroatoms.